The van der Waals surface area contributed by atoms with Gasteiger partial charge in [-0.25, -0.2) is 0 Å². The number of nitrogens with zero attached hydrogens (tertiary/aromatic N) is 2. The third kappa shape index (κ3) is 18.9. The van der Waals surface area contributed by atoms with Gasteiger partial charge in [0.2, 0.25) is 0 Å². The zero-order valence-electron chi connectivity index (χ0n) is 71.5. The van der Waals surface area contributed by atoms with Gasteiger partial charge in [-0.1, -0.05) is 434 Å². The molecule has 0 saturated heterocycles. The molecule has 126 heavy (non-hydrogen) atoms. The second-order valence-electron chi connectivity index (χ2n) is 30.7. The summed E-state index contributed by atoms with van der Waals surface area (Å²) < 4.78 is 0. The maximum Gasteiger partial charge on any atom is 0.0462 e. The van der Waals surface area contributed by atoms with Crippen LogP contribution in [-0.4, -0.2) is 0 Å². The van der Waals surface area contributed by atoms with Gasteiger partial charge in [0.05, 0.1) is 0 Å². The molecule has 0 atom stereocenters. The first kappa shape index (κ1) is 82.3. The van der Waals surface area contributed by atoms with E-state index in [9.17, 15) is 0 Å². The topological polar surface area (TPSA) is 6.48 Å². The van der Waals surface area contributed by atoms with Gasteiger partial charge in [-0.15, -0.1) is 0 Å². The Balaban J connectivity index is 0.000000174. The van der Waals surface area contributed by atoms with Crippen LogP contribution in [0.5, 0.6) is 0 Å². The second-order valence-corrected chi connectivity index (χ2v) is 30.7. The molecule has 2 nitrogen and oxygen atoms in total. The van der Waals surface area contributed by atoms with Crippen molar-refractivity contribution in [3.05, 3.63) is 522 Å². The standard InChI is InChI=1S/C66H47N.C54H39N.2C2H6/c1-8-22-50(23-9-1)61-44-56(45-62(51-24-10-2-11-25-51)65(61)54-30-16-5-17-31-54)48-36-40-59(41-37-48)67(58-34-20-7-21-35-58)60-42-38-49(39-43-60)57-46-63(52-26-12-3-13-27-52)66(55-32-18-6-19-33-55)64(47-57)53-28-14-4-15-29-53;1-4-13-40(14-5-1)46-19-10-22-49(37-46)43-25-31-52(32-26-43)55(53-33-27-44(28-34-53)50-23-11-20-47(38-50)41-15-6-2-7-16-41)54-35-29-45(30-36-54)51-24-12-21-48(39-51)42-17-8-3-9-18-42;2*1-2/h1-47H;1-39H;2*1-2H3. The highest BCUT2D eigenvalue weighted by molar-refractivity contribution is 6.00. The number of rotatable bonds is 20. The Morgan fingerprint density at radius 2 is 0.246 bits per heavy atom. The molecule has 0 N–H and O–H groups in total. The zero-order chi connectivity index (χ0) is 85.6. The van der Waals surface area contributed by atoms with E-state index in [2.05, 4.69) is 532 Å². The number of anilines is 6. The highest BCUT2D eigenvalue weighted by Gasteiger charge is 2.23. The molecule has 20 rings (SSSR count). The minimum Gasteiger partial charge on any atom is -0.311 e. The minimum atomic E-state index is 1.08. The fourth-order valence-electron chi connectivity index (χ4n) is 16.8. The summed E-state index contributed by atoms with van der Waals surface area (Å²) in [5, 5.41) is 0. The summed E-state index contributed by atoms with van der Waals surface area (Å²) in [4.78, 5) is 4.69. The number of para-hydroxylation sites is 1. The molecule has 0 amide bonds. The fourth-order valence-corrected chi connectivity index (χ4v) is 16.8. The van der Waals surface area contributed by atoms with E-state index in [1.807, 2.05) is 27.7 Å². The minimum absolute atomic E-state index is 1.08. The van der Waals surface area contributed by atoms with E-state index in [-0.39, 0.29) is 0 Å². The number of hydrogen-bond acceptors (Lipinski definition) is 2. The van der Waals surface area contributed by atoms with Crippen LogP contribution in [0.2, 0.25) is 0 Å². The summed E-state index contributed by atoms with van der Waals surface area (Å²) in [6, 6.07) is 188. The lowest BCUT2D eigenvalue weighted by atomic mass is 9.84. The van der Waals surface area contributed by atoms with Crippen LogP contribution in [0.4, 0.5) is 34.1 Å². The highest BCUT2D eigenvalue weighted by atomic mass is 15.1. The van der Waals surface area contributed by atoms with Crippen LogP contribution in [0, 0.1) is 0 Å². The Labute approximate surface area is 744 Å². The van der Waals surface area contributed by atoms with Crippen molar-refractivity contribution >= 4 is 34.1 Å². The van der Waals surface area contributed by atoms with Crippen molar-refractivity contribution in [2.45, 2.75) is 27.7 Å². The van der Waals surface area contributed by atoms with Crippen molar-refractivity contribution in [2.75, 3.05) is 9.80 Å². The van der Waals surface area contributed by atoms with Gasteiger partial charge in [0.15, 0.2) is 0 Å². The Morgan fingerprint density at radius 3 is 0.444 bits per heavy atom. The van der Waals surface area contributed by atoms with Crippen molar-refractivity contribution < 1.29 is 0 Å². The molecule has 0 heterocycles. The molecular formula is C124H98N2. The second kappa shape index (κ2) is 40.1. The predicted octanol–water partition coefficient (Wildman–Crippen LogP) is 35.7. The Kier molecular flexibility index (Phi) is 26.2. The van der Waals surface area contributed by atoms with Crippen LogP contribution in [0.3, 0.4) is 0 Å². The van der Waals surface area contributed by atoms with Crippen molar-refractivity contribution in [1.29, 1.82) is 0 Å². The molecule has 20 aromatic rings. The smallest absolute Gasteiger partial charge is 0.0462 e. The molecule has 0 radical (unpaired) electrons. The van der Waals surface area contributed by atoms with Gasteiger partial charge in [-0.3, -0.25) is 0 Å². The average molecular weight is 1620 g/mol. The molecule has 604 valence electrons. The number of benzene rings is 20. The molecule has 0 aromatic heterocycles. The monoisotopic (exact) mass is 1610 g/mol. The Morgan fingerprint density at radius 1 is 0.103 bits per heavy atom. The number of hydrogen-bond donors (Lipinski definition) is 0. The Bertz CT molecular complexity index is 6220. The van der Waals surface area contributed by atoms with E-state index in [1.165, 1.54) is 145 Å². The van der Waals surface area contributed by atoms with Gasteiger partial charge in [0.25, 0.3) is 0 Å². The van der Waals surface area contributed by atoms with E-state index >= 15 is 0 Å². The molecule has 0 fully saturated rings. The SMILES string of the molecule is CC.CC.c1ccc(-c2cc(-c3ccc(N(c4ccccc4)c4ccc(-c5cc(-c6ccccc6)c(-c6ccccc6)c(-c6ccccc6)c5)cc4)cc3)cc(-c3ccccc3)c2-c2ccccc2)cc1.c1ccc(-c2cccc(-c3ccc(N(c4ccc(-c5cccc(-c6ccccc6)c5)cc4)c4ccc(-c5cccc(-c6ccccc6)c5)cc4)cc3)c2)cc1. The predicted molar refractivity (Wildman–Crippen MR) is 541 cm³/mol. The molecule has 0 saturated carbocycles. The summed E-state index contributed by atoms with van der Waals surface area (Å²) in [5.41, 5.74) is 40.1. The Hall–Kier alpha value is -16.0. The maximum atomic E-state index is 2.37. The van der Waals surface area contributed by atoms with Gasteiger partial charge in [0, 0.05) is 34.1 Å². The van der Waals surface area contributed by atoms with Crippen molar-refractivity contribution in [1.82, 2.24) is 0 Å². The van der Waals surface area contributed by atoms with Crippen LogP contribution >= 0.6 is 0 Å². The van der Waals surface area contributed by atoms with E-state index in [4.69, 9.17) is 0 Å². The molecule has 20 aromatic carbocycles. The van der Waals surface area contributed by atoms with Crippen molar-refractivity contribution in [3.8, 4) is 156 Å². The van der Waals surface area contributed by atoms with Gasteiger partial charge in [0.1, 0.15) is 0 Å². The van der Waals surface area contributed by atoms with Gasteiger partial charge < -0.3 is 9.80 Å². The van der Waals surface area contributed by atoms with Crippen molar-refractivity contribution in [3.63, 3.8) is 0 Å². The quantitative estimate of drug-likeness (QED) is 0.0750. The molecule has 0 aliphatic rings. The maximum absolute atomic E-state index is 2.37. The molecule has 0 spiro atoms. The first-order valence-electron chi connectivity index (χ1n) is 43.8. The van der Waals surface area contributed by atoms with Gasteiger partial charge >= 0.3 is 0 Å². The summed E-state index contributed by atoms with van der Waals surface area (Å²) in [6.45, 7) is 8.00. The molecule has 0 aliphatic carbocycles. The molecule has 0 bridgehead atoms. The third-order valence-electron chi connectivity index (χ3n) is 23.0. The fraction of sp³-hybridized carbons (Fsp3) is 0.0323. The van der Waals surface area contributed by atoms with E-state index in [0.29, 0.717) is 0 Å². The summed E-state index contributed by atoms with van der Waals surface area (Å²) in [7, 11) is 0. The third-order valence-corrected chi connectivity index (χ3v) is 23.0. The molecule has 0 unspecified atom stereocenters. The van der Waals surface area contributed by atoms with Crippen molar-refractivity contribution in [2.24, 2.45) is 0 Å². The van der Waals surface area contributed by atoms with Crippen LogP contribution in [-0.2, 0) is 0 Å². The van der Waals surface area contributed by atoms with E-state index < -0.39 is 0 Å². The first-order valence-corrected chi connectivity index (χ1v) is 43.8. The largest absolute Gasteiger partial charge is 0.311 e. The van der Waals surface area contributed by atoms with E-state index in [1.54, 1.807) is 0 Å². The van der Waals surface area contributed by atoms with Gasteiger partial charge in [-0.05, 0) is 271 Å². The normalized spacial score (nSPS) is 10.7. The van der Waals surface area contributed by atoms with E-state index in [0.717, 1.165) is 45.3 Å². The summed E-state index contributed by atoms with van der Waals surface area (Å²) >= 11 is 0. The summed E-state index contributed by atoms with van der Waals surface area (Å²) in [5.74, 6) is 0. The lowest BCUT2D eigenvalue weighted by Gasteiger charge is -2.26. The zero-order valence-corrected chi connectivity index (χ0v) is 71.5. The summed E-state index contributed by atoms with van der Waals surface area (Å²) in [6.07, 6.45) is 0. The lowest BCUT2D eigenvalue weighted by molar-refractivity contribution is 1.28. The van der Waals surface area contributed by atoms with Crippen LogP contribution in [0.1, 0.15) is 27.7 Å². The first-order chi connectivity index (χ1) is 62.5. The highest BCUT2D eigenvalue weighted by Crippen LogP contribution is 2.48. The molecule has 2 heteroatoms. The van der Waals surface area contributed by atoms with Crippen LogP contribution in [0.25, 0.3) is 156 Å². The van der Waals surface area contributed by atoms with Gasteiger partial charge in [-0.2, -0.15) is 0 Å². The molecular weight excluding hydrogens is 1520 g/mol. The average Bonchev–Trinajstić information content (AvgIpc) is 0.754. The lowest BCUT2D eigenvalue weighted by Crippen LogP contribution is -2.09. The van der Waals surface area contributed by atoms with Crippen LogP contribution < -0.4 is 9.80 Å². The van der Waals surface area contributed by atoms with Crippen LogP contribution in [0.15, 0.2) is 522 Å². The molecule has 0 aliphatic heterocycles.